The molecule has 0 saturated carbocycles. The van der Waals surface area contributed by atoms with E-state index in [0.717, 1.165) is 25.1 Å². The lowest BCUT2D eigenvalue weighted by atomic mass is 10.1. The summed E-state index contributed by atoms with van der Waals surface area (Å²) in [7, 11) is 0. The minimum Gasteiger partial charge on any atom is -0.355 e. The smallest absolute Gasteiger partial charge is 0.273 e. The number of pyridine rings is 1. The van der Waals surface area contributed by atoms with Crippen LogP contribution in [0.4, 0.5) is 0 Å². The van der Waals surface area contributed by atoms with Gasteiger partial charge in [-0.05, 0) is 25.1 Å². The molecule has 1 aliphatic heterocycles. The van der Waals surface area contributed by atoms with Gasteiger partial charge < -0.3 is 15.2 Å². The number of carbonyl (C=O) groups is 1. The van der Waals surface area contributed by atoms with Gasteiger partial charge in [-0.1, -0.05) is 16.8 Å². The fourth-order valence-corrected chi connectivity index (χ4v) is 2.14. The molecular formula is C15H18Cl2N4O2. The summed E-state index contributed by atoms with van der Waals surface area (Å²) in [4.78, 5) is 16.1. The highest BCUT2D eigenvalue weighted by molar-refractivity contribution is 5.93. The number of carbonyl (C=O) groups excluding carboxylic acids is 1. The first-order valence-corrected chi connectivity index (χ1v) is 6.87. The van der Waals surface area contributed by atoms with Crippen molar-refractivity contribution >= 4 is 30.7 Å². The van der Waals surface area contributed by atoms with Crippen LogP contribution in [0.1, 0.15) is 16.9 Å². The lowest BCUT2D eigenvalue weighted by Gasteiger charge is -2.13. The Hall–Kier alpha value is -1.89. The van der Waals surface area contributed by atoms with Crippen molar-refractivity contribution in [2.75, 3.05) is 19.6 Å². The Morgan fingerprint density at radius 3 is 2.96 bits per heavy atom. The van der Waals surface area contributed by atoms with E-state index >= 15 is 0 Å². The fourth-order valence-electron chi connectivity index (χ4n) is 2.14. The third-order valence-corrected chi connectivity index (χ3v) is 3.32. The second-order valence-corrected chi connectivity index (χ2v) is 4.82. The molecule has 0 radical (unpaired) electrons. The molecule has 0 bridgehead atoms. The van der Waals surface area contributed by atoms with Crippen LogP contribution < -0.4 is 10.6 Å². The molecule has 1 aliphatic rings. The molecule has 2 aromatic rings. The Morgan fingerprint density at radius 2 is 2.26 bits per heavy atom. The fraction of sp³-hybridized carbons (Fsp3) is 0.267. The van der Waals surface area contributed by atoms with Crippen LogP contribution >= 0.6 is 24.8 Å². The molecule has 0 spiro atoms. The Bertz CT molecular complexity index is 659. The SMILES string of the molecule is Cl.Cl.O=C(NCC1=CCNCC1)c1cc(-c2cccnc2)on1. The van der Waals surface area contributed by atoms with Crippen molar-refractivity contribution in [3.63, 3.8) is 0 Å². The number of hydrogen-bond acceptors (Lipinski definition) is 5. The van der Waals surface area contributed by atoms with Crippen LogP contribution in [0.3, 0.4) is 0 Å². The largest absolute Gasteiger partial charge is 0.355 e. The van der Waals surface area contributed by atoms with Gasteiger partial charge in [0.05, 0.1) is 0 Å². The molecule has 0 atom stereocenters. The number of rotatable bonds is 4. The molecule has 1 amide bonds. The van der Waals surface area contributed by atoms with Gasteiger partial charge in [-0.25, -0.2) is 0 Å². The van der Waals surface area contributed by atoms with Crippen molar-refractivity contribution in [1.29, 1.82) is 0 Å². The van der Waals surface area contributed by atoms with E-state index in [1.807, 2.05) is 6.07 Å². The highest BCUT2D eigenvalue weighted by Crippen LogP contribution is 2.18. The topological polar surface area (TPSA) is 80.0 Å². The quantitative estimate of drug-likeness (QED) is 0.821. The molecular weight excluding hydrogens is 339 g/mol. The van der Waals surface area contributed by atoms with Crippen molar-refractivity contribution in [2.45, 2.75) is 6.42 Å². The summed E-state index contributed by atoms with van der Waals surface area (Å²) < 4.78 is 5.19. The predicted molar refractivity (Wildman–Crippen MR) is 92.1 cm³/mol. The van der Waals surface area contributed by atoms with Gasteiger partial charge in [0.1, 0.15) is 0 Å². The van der Waals surface area contributed by atoms with Crippen LogP contribution in [0.25, 0.3) is 11.3 Å². The van der Waals surface area contributed by atoms with Crippen LogP contribution in [-0.2, 0) is 0 Å². The molecule has 23 heavy (non-hydrogen) atoms. The van der Waals surface area contributed by atoms with Crippen LogP contribution in [0.5, 0.6) is 0 Å². The Balaban J connectivity index is 0.00000132. The van der Waals surface area contributed by atoms with Crippen molar-refractivity contribution in [3.8, 4) is 11.3 Å². The first-order chi connectivity index (χ1) is 10.3. The van der Waals surface area contributed by atoms with E-state index in [0.29, 0.717) is 12.3 Å². The highest BCUT2D eigenvalue weighted by Gasteiger charge is 2.14. The summed E-state index contributed by atoms with van der Waals surface area (Å²) in [5.74, 6) is 0.308. The summed E-state index contributed by atoms with van der Waals surface area (Å²) in [6, 6.07) is 5.29. The zero-order chi connectivity index (χ0) is 14.5. The Labute approximate surface area is 146 Å². The molecule has 0 saturated heterocycles. The monoisotopic (exact) mass is 356 g/mol. The highest BCUT2D eigenvalue weighted by atomic mass is 35.5. The molecule has 124 valence electrons. The number of nitrogens with zero attached hydrogens (tertiary/aromatic N) is 2. The minimum atomic E-state index is -0.228. The molecule has 3 rings (SSSR count). The summed E-state index contributed by atoms with van der Waals surface area (Å²) in [6.07, 6.45) is 6.41. The average Bonchev–Trinajstić information content (AvgIpc) is 3.04. The van der Waals surface area contributed by atoms with Crippen molar-refractivity contribution in [1.82, 2.24) is 20.8 Å². The zero-order valence-corrected chi connectivity index (χ0v) is 14.0. The maximum absolute atomic E-state index is 12.0. The number of halogens is 2. The molecule has 0 aromatic carbocycles. The molecule has 0 aliphatic carbocycles. The molecule has 2 aromatic heterocycles. The number of aromatic nitrogens is 2. The van der Waals surface area contributed by atoms with E-state index in [2.05, 4.69) is 26.9 Å². The molecule has 2 N–H and O–H groups in total. The van der Waals surface area contributed by atoms with E-state index in [9.17, 15) is 4.79 Å². The number of nitrogens with one attached hydrogen (secondary N) is 2. The van der Waals surface area contributed by atoms with Gasteiger partial charge in [0.25, 0.3) is 5.91 Å². The van der Waals surface area contributed by atoms with E-state index in [-0.39, 0.29) is 36.4 Å². The third kappa shape index (κ3) is 5.06. The number of hydrogen-bond donors (Lipinski definition) is 2. The van der Waals surface area contributed by atoms with Gasteiger partial charge >= 0.3 is 0 Å². The molecule has 0 fully saturated rings. The Morgan fingerprint density at radius 1 is 1.39 bits per heavy atom. The first-order valence-electron chi connectivity index (χ1n) is 6.87. The van der Waals surface area contributed by atoms with Crippen LogP contribution in [0.2, 0.25) is 0 Å². The van der Waals surface area contributed by atoms with Gasteiger partial charge in [-0.2, -0.15) is 0 Å². The normalized spacial score (nSPS) is 13.3. The van der Waals surface area contributed by atoms with E-state index in [4.69, 9.17) is 4.52 Å². The molecule has 0 unspecified atom stereocenters. The van der Waals surface area contributed by atoms with Gasteiger partial charge in [0.2, 0.25) is 0 Å². The van der Waals surface area contributed by atoms with Crippen molar-refractivity contribution < 1.29 is 9.32 Å². The lowest BCUT2D eigenvalue weighted by Crippen LogP contribution is -2.29. The second kappa shape index (κ2) is 9.29. The lowest BCUT2D eigenvalue weighted by molar-refractivity contribution is 0.0947. The molecule has 8 heteroatoms. The number of amides is 1. The summed E-state index contributed by atoms with van der Waals surface area (Å²) in [6.45, 7) is 2.37. The van der Waals surface area contributed by atoms with E-state index in [1.165, 1.54) is 5.57 Å². The van der Waals surface area contributed by atoms with Gasteiger partial charge in [0, 0.05) is 37.1 Å². The maximum atomic E-state index is 12.0. The molecule has 3 heterocycles. The summed E-state index contributed by atoms with van der Waals surface area (Å²) in [5, 5.41) is 9.90. The van der Waals surface area contributed by atoms with E-state index < -0.39 is 0 Å². The van der Waals surface area contributed by atoms with Crippen molar-refractivity contribution in [3.05, 3.63) is 47.9 Å². The van der Waals surface area contributed by atoms with Crippen molar-refractivity contribution in [2.24, 2.45) is 0 Å². The van der Waals surface area contributed by atoms with Crippen LogP contribution in [-0.4, -0.2) is 35.7 Å². The first kappa shape index (κ1) is 19.2. The minimum absolute atomic E-state index is 0. The second-order valence-electron chi connectivity index (χ2n) is 4.82. The summed E-state index contributed by atoms with van der Waals surface area (Å²) >= 11 is 0. The zero-order valence-electron chi connectivity index (χ0n) is 12.3. The average molecular weight is 357 g/mol. The third-order valence-electron chi connectivity index (χ3n) is 3.32. The van der Waals surface area contributed by atoms with E-state index in [1.54, 1.807) is 24.5 Å². The summed E-state index contributed by atoms with van der Waals surface area (Å²) in [5.41, 5.74) is 2.31. The maximum Gasteiger partial charge on any atom is 0.273 e. The molecule has 6 nitrogen and oxygen atoms in total. The van der Waals surface area contributed by atoms with Gasteiger partial charge in [-0.15, -0.1) is 24.8 Å². The van der Waals surface area contributed by atoms with Crippen LogP contribution in [0, 0.1) is 0 Å². The predicted octanol–water partition coefficient (Wildman–Crippen LogP) is 2.23. The standard InChI is InChI=1S/C15H16N4O2.2ClH/c20-15(18-9-11-3-6-16-7-4-11)13-8-14(21-19-13)12-2-1-5-17-10-12;;/h1-3,5,8,10,16H,4,6-7,9H2,(H,18,20);2*1H. The van der Waals surface area contributed by atoms with Gasteiger partial charge in [0.15, 0.2) is 11.5 Å². The van der Waals surface area contributed by atoms with Crippen LogP contribution in [0.15, 0.2) is 46.8 Å². The van der Waals surface area contributed by atoms with Gasteiger partial charge in [-0.3, -0.25) is 9.78 Å². The Kier molecular flexibility index (Phi) is 7.74.